The number of aryl methyl sites for hydroxylation is 1. The van der Waals surface area contributed by atoms with E-state index in [9.17, 15) is 4.39 Å². The SMILES string of the molecule is CN=C(NCC1(c2ccccc2C)CC1)NC1CCN(c2ncccc2F)C1.I. The third-order valence-corrected chi connectivity index (χ3v) is 5.96. The van der Waals surface area contributed by atoms with E-state index in [1.807, 2.05) is 4.90 Å². The number of guanidine groups is 1. The maximum absolute atomic E-state index is 14.0. The van der Waals surface area contributed by atoms with Crippen molar-refractivity contribution in [1.29, 1.82) is 0 Å². The molecule has 1 saturated heterocycles. The van der Waals surface area contributed by atoms with Gasteiger partial charge in [-0.3, -0.25) is 4.99 Å². The van der Waals surface area contributed by atoms with E-state index >= 15 is 0 Å². The van der Waals surface area contributed by atoms with Gasteiger partial charge >= 0.3 is 0 Å². The number of pyridine rings is 1. The number of aromatic nitrogens is 1. The number of hydrogen-bond acceptors (Lipinski definition) is 3. The average molecular weight is 509 g/mol. The first-order chi connectivity index (χ1) is 13.6. The summed E-state index contributed by atoms with van der Waals surface area (Å²) in [7, 11) is 1.80. The number of halogens is 2. The summed E-state index contributed by atoms with van der Waals surface area (Å²) in [5.74, 6) is 0.985. The van der Waals surface area contributed by atoms with E-state index in [1.165, 1.54) is 30.0 Å². The smallest absolute Gasteiger partial charge is 0.191 e. The number of anilines is 1. The van der Waals surface area contributed by atoms with Gasteiger partial charge in [-0.15, -0.1) is 24.0 Å². The molecule has 2 aliphatic rings. The van der Waals surface area contributed by atoms with Crippen LogP contribution in [0.15, 0.2) is 47.6 Å². The molecule has 1 saturated carbocycles. The van der Waals surface area contributed by atoms with Gasteiger partial charge in [0.1, 0.15) is 0 Å². The molecule has 1 aromatic heterocycles. The van der Waals surface area contributed by atoms with Gasteiger partial charge in [0.05, 0.1) is 0 Å². The van der Waals surface area contributed by atoms with Crippen LogP contribution in [0.4, 0.5) is 10.2 Å². The molecule has 1 aliphatic carbocycles. The van der Waals surface area contributed by atoms with Crippen LogP contribution in [0, 0.1) is 12.7 Å². The molecule has 0 spiro atoms. The summed E-state index contributed by atoms with van der Waals surface area (Å²) in [5, 5.41) is 7.02. The largest absolute Gasteiger partial charge is 0.356 e. The first-order valence-corrected chi connectivity index (χ1v) is 10.00. The van der Waals surface area contributed by atoms with Crippen molar-refractivity contribution in [1.82, 2.24) is 15.6 Å². The van der Waals surface area contributed by atoms with Gasteiger partial charge in [-0.2, -0.15) is 0 Å². The lowest BCUT2D eigenvalue weighted by Crippen LogP contribution is -2.46. The maximum atomic E-state index is 14.0. The molecule has 29 heavy (non-hydrogen) atoms. The number of hydrogen-bond donors (Lipinski definition) is 2. The molecule has 156 valence electrons. The lowest BCUT2D eigenvalue weighted by molar-refractivity contribution is 0.605. The van der Waals surface area contributed by atoms with Crippen molar-refractivity contribution in [2.75, 3.05) is 31.6 Å². The van der Waals surface area contributed by atoms with E-state index in [0.29, 0.717) is 5.82 Å². The Morgan fingerprint density at radius 2 is 2.07 bits per heavy atom. The summed E-state index contributed by atoms with van der Waals surface area (Å²) < 4.78 is 14.0. The summed E-state index contributed by atoms with van der Waals surface area (Å²) in [6, 6.07) is 12.0. The van der Waals surface area contributed by atoms with Gasteiger partial charge < -0.3 is 15.5 Å². The summed E-state index contributed by atoms with van der Waals surface area (Å²) in [4.78, 5) is 10.6. The summed E-state index contributed by atoms with van der Waals surface area (Å²) in [5.41, 5.74) is 3.02. The summed E-state index contributed by atoms with van der Waals surface area (Å²) >= 11 is 0. The molecular formula is C22H29FIN5. The fourth-order valence-corrected chi connectivity index (χ4v) is 4.18. The third-order valence-electron chi connectivity index (χ3n) is 5.96. The van der Waals surface area contributed by atoms with E-state index in [4.69, 9.17) is 0 Å². The molecule has 1 aliphatic heterocycles. The van der Waals surface area contributed by atoms with Gasteiger partial charge in [-0.25, -0.2) is 9.37 Å². The van der Waals surface area contributed by atoms with Crippen molar-refractivity contribution in [3.05, 3.63) is 59.5 Å². The number of aliphatic imine (C=N–C) groups is 1. The predicted octanol–water partition coefficient (Wildman–Crippen LogP) is 3.62. The van der Waals surface area contributed by atoms with Crippen molar-refractivity contribution >= 4 is 35.8 Å². The summed E-state index contributed by atoms with van der Waals surface area (Å²) in [6.45, 7) is 4.57. The molecule has 1 unspecified atom stereocenters. The van der Waals surface area contributed by atoms with E-state index < -0.39 is 0 Å². The average Bonchev–Trinajstić information content (AvgIpc) is 3.35. The molecule has 1 aromatic carbocycles. The molecule has 5 nitrogen and oxygen atoms in total. The standard InChI is InChI=1S/C22H28FN5.HI/c1-16-6-3-4-7-18(16)22(10-11-22)15-26-21(24-2)27-17-9-13-28(14-17)20-19(23)8-5-12-25-20;/h3-8,12,17H,9-11,13-15H2,1-2H3,(H2,24,26,27);1H. The lowest BCUT2D eigenvalue weighted by Gasteiger charge is -2.23. The van der Waals surface area contributed by atoms with Gasteiger partial charge in [0.2, 0.25) is 0 Å². The van der Waals surface area contributed by atoms with Crippen LogP contribution in [-0.2, 0) is 5.41 Å². The topological polar surface area (TPSA) is 52.6 Å². The van der Waals surface area contributed by atoms with Crippen LogP contribution in [0.3, 0.4) is 0 Å². The van der Waals surface area contributed by atoms with E-state index in [-0.39, 0.29) is 41.3 Å². The molecule has 0 radical (unpaired) electrons. The van der Waals surface area contributed by atoms with E-state index in [2.05, 4.69) is 51.8 Å². The van der Waals surface area contributed by atoms with E-state index in [0.717, 1.165) is 32.0 Å². The molecule has 4 rings (SSSR count). The molecule has 0 bridgehead atoms. The number of nitrogens with zero attached hydrogens (tertiary/aromatic N) is 3. The van der Waals surface area contributed by atoms with Gasteiger partial charge in [0.15, 0.2) is 17.6 Å². The second kappa shape index (κ2) is 9.28. The zero-order valence-electron chi connectivity index (χ0n) is 17.0. The molecule has 2 aromatic rings. The highest BCUT2D eigenvalue weighted by atomic mass is 127. The highest BCUT2D eigenvalue weighted by molar-refractivity contribution is 14.0. The van der Waals surface area contributed by atoms with Crippen molar-refractivity contribution < 1.29 is 4.39 Å². The minimum atomic E-state index is -0.264. The van der Waals surface area contributed by atoms with Crippen LogP contribution in [0.2, 0.25) is 0 Å². The molecular weight excluding hydrogens is 480 g/mol. The van der Waals surface area contributed by atoms with Crippen molar-refractivity contribution in [2.45, 2.75) is 37.6 Å². The van der Waals surface area contributed by atoms with Crippen LogP contribution in [-0.4, -0.2) is 43.7 Å². The molecule has 2 fully saturated rings. The minimum Gasteiger partial charge on any atom is -0.356 e. The normalized spacial score (nSPS) is 20.2. The Hall–Kier alpha value is -1.90. The maximum Gasteiger partial charge on any atom is 0.191 e. The van der Waals surface area contributed by atoms with Crippen LogP contribution in [0.25, 0.3) is 0 Å². The Labute approximate surface area is 189 Å². The Kier molecular flexibility index (Phi) is 6.97. The van der Waals surface area contributed by atoms with Gasteiger partial charge in [0, 0.05) is 44.3 Å². The minimum absolute atomic E-state index is 0. The number of nitrogens with one attached hydrogen (secondary N) is 2. The van der Waals surface area contributed by atoms with Gasteiger partial charge in [-0.1, -0.05) is 24.3 Å². The van der Waals surface area contributed by atoms with E-state index in [1.54, 1.807) is 19.3 Å². The molecule has 7 heteroatoms. The van der Waals surface area contributed by atoms with Crippen LogP contribution >= 0.6 is 24.0 Å². The Morgan fingerprint density at radius 1 is 1.28 bits per heavy atom. The van der Waals surface area contributed by atoms with Crippen LogP contribution in [0.1, 0.15) is 30.4 Å². The highest BCUT2D eigenvalue weighted by Gasteiger charge is 2.45. The second-order valence-corrected chi connectivity index (χ2v) is 7.91. The van der Waals surface area contributed by atoms with Gasteiger partial charge in [0.25, 0.3) is 0 Å². The monoisotopic (exact) mass is 509 g/mol. The van der Waals surface area contributed by atoms with Crippen LogP contribution in [0.5, 0.6) is 0 Å². The zero-order valence-corrected chi connectivity index (χ0v) is 19.3. The fraction of sp³-hybridized carbons (Fsp3) is 0.455. The predicted molar refractivity (Wildman–Crippen MR) is 127 cm³/mol. The molecule has 2 N–H and O–H groups in total. The number of benzene rings is 1. The number of rotatable bonds is 5. The van der Waals surface area contributed by atoms with Gasteiger partial charge in [-0.05, 0) is 49.4 Å². The van der Waals surface area contributed by atoms with Crippen LogP contribution < -0.4 is 15.5 Å². The van der Waals surface area contributed by atoms with Crippen molar-refractivity contribution in [3.8, 4) is 0 Å². The van der Waals surface area contributed by atoms with Crippen molar-refractivity contribution in [2.24, 2.45) is 4.99 Å². The highest BCUT2D eigenvalue weighted by Crippen LogP contribution is 2.48. The lowest BCUT2D eigenvalue weighted by atomic mass is 9.92. The third kappa shape index (κ3) is 4.82. The summed E-state index contributed by atoms with van der Waals surface area (Å²) in [6.07, 6.45) is 4.98. The molecule has 0 amide bonds. The molecule has 2 heterocycles. The first kappa shape index (κ1) is 21.8. The first-order valence-electron chi connectivity index (χ1n) is 10.00. The molecule has 1 atom stereocenters. The Bertz CT molecular complexity index is 868. The Balaban J connectivity index is 0.00000240. The quantitative estimate of drug-likeness (QED) is 0.368. The zero-order chi connectivity index (χ0) is 19.6. The Morgan fingerprint density at radius 3 is 2.76 bits per heavy atom. The fourth-order valence-electron chi connectivity index (χ4n) is 4.18. The second-order valence-electron chi connectivity index (χ2n) is 7.91. The van der Waals surface area contributed by atoms with Crippen molar-refractivity contribution in [3.63, 3.8) is 0 Å².